The lowest BCUT2D eigenvalue weighted by atomic mass is 9.52. The number of ether oxygens (including phenoxy) is 2. The first-order chi connectivity index (χ1) is 15.1. The Labute approximate surface area is 189 Å². The number of hydrogen-bond donors (Lipinski definition) is 1. The maximum atomic E-state index is 12.7. The van der Waals surface area contributed by atoms with Gasteiger partial charge >= 0.3 is 0 Å². The van der Waals surface area contributed by atoms with Crippen LogP contribution in [-0.2, 0) is 11.3 Å². The van der Waals surface area contributed by atoms with Gasteiger partial charge in [-0.05, 0) is 92.7 Å². The molecule has 0 unspecified atom stereocenters. The van der Waals surface area contributed by atoms with Gasteiger partial charge in [0.25, 0.3) is 0 Å². The second-order valence-corrected chi connectivity index (χ2v) is 11.0. The molecular weight excluding hydrogens is 412 g/mol. The first-order valence-corrected chi connectivity index (χ1v) is 12.6. The number of nitrogens with one attached hydrogen (secondary N) is 1. The van der Waals surface area contributed by atoms with Crippen molar-refractivity contribution >= 4 is 17.5 Å². The highest BCUT2D eigenvalue weighted by molar-refractivity contribution is 6.31. The fourth-order valence-corrected chi connectivity index (χ4v) is 7.71. The lowest BCUT2D eigenvalue weighted by Gasteiger charge is -2.55. The summed E-state index contributed by atoms with van der Waals surface area (Å²) in [5.74, 6) is 6.40. The standard InChI is InChI=1S/C25H33ClN2O3/c26-22-11-24-23(30-14-31-24)10-19(22)12-27-4-3-20-1-2-25(29)28(20)13-21-17-6-15-5-16(8-17)9-18(21)7-15/h10-11,15-18,20-21,27H,1-9,12-14H2/t15?,16?,17?,18?,20-,21?/m0/s1. The highest BCUT2D eigenvalue weighted by atomic mass is 35.5. The summed E-state index contributed by atoms with van der Waals surface area (Å²) < 4.78 is 10.9. The predicted molar refractivity (Wildman–Crippen MR) is 119 cm³/mol. The summed E-state index contributed by atoms with van der Waals surface area (Å²) in [5, 5.41) is 4.24. The quantitative estimate of drug-likeness (QED) is 0.624. The molecule has 7 rings (SSSR count). The van der Waals surface area contributed by atoms with E-state index in [1.165, 1.54) is 32.1 Å². The fraction of sp³-hybridized carbons (Fsp3) is 0.720. The Balaban J connectivity index is 1.03. The van der Waals surface area contributed by atoms with Crippen molar-refractivity contribution in [2.45, 2.75) is 64.0 Å². The lowest BCUT2D eigenvalue weighted by Crippen LogP contribution is -2.50. The van der Waals surface area contributed by atoms with E-state index in [-0.39, 0.29) is 6.79 Å². The summed E-state index contributed by atoms with van der Waals surface area (Å²) in [6, 6.07) is 4.20. The van der Waals surface area contributed by atoms with Gasteiger partial charge in [-0.1, -0.05) is 11.6 Å². The molecule has 1 aromatic carbocycles. The molecule has 6 aliphatic rings. The molecule has 0 spiro atoms. The van der Waals surface area contributed by atoms with E-state index in [0.717, 1.165) is 79.0 Å². The van der Waals surface area contributed by atoms with E-state index >= 15 is 0 Å². The van der Waals surface area contributed by atoms with Gasteiger partial charge in [-0.15, -0.1) is 0 Å². The largest absolute Gasteiger partial charge is 0.454 e. The molecule has 0 radical (unpaired) electrons. The monoisotopic (exact) mass is 444 g/mol. The van der Waals surface area contributed by atoms with Crippen LogP contribution < -0.4 is 14.8 Å². The molecule has 168 valence electrons. The highest BCUT2D eigenvalue weighted by Crippen LogP contribution is 2.56. The van der Waals surface area contributed by atoms with Crippen molar-refractivity contribution in [3.63, 3.8) is 0 Å². The Bertz CT molecular complexity index is 831. The van der Waals surface area contributed by atoms with Crippen LogP contribution in [-0.4, -0.2) is 36.7 Å². The van der Waals surface area contributed by atoms with E-state index in [4.69, 9.17) is 21.1 Å². The van der Waals surface area contributed by atoms with E-state index in [1.54, 1.807) is 0 Å². The lowest BCUT2D eigenvalue weighted by molar-refractivity contribution is -0.132. The Kier molecular flexibility index (Phi) is 5.30. The van der Waals surface area contributed by atoms with Gasteiger partial charge in [0.15, 0.2) is 11.5 Å². The average molecular weight is 445 g/mol. The van der Waals surface area contributed by atoms with Crippen molar-refractivity contribution in [1.29, 1.82) is 0 Å². The van der Waals surface area contributed by atoms with Crippen LogP contribution in [0.1, 0.15) is 56.9 Å². The van der Waals surface area contributed by atoms with E-state index in [9.17, 15) is 4.79 Å². The van der Waals surface area contributed by atoms with Gasteiger partial charge in [0.1, 0.15) is 0 Å². The summed E-state index contributed by atoms with van der Waals surface area (Å²) >= 11 is 6.40. The molecule has 1 N–H and O–H groups in total. The molecule has 4 aliphatic carbocycles. The molecular formula is C25H33ClN2O3. The van der Waals surface area contributed by atoms with Gasteiger partial charge < -0.3 is 19.7 Å². The minimum Gasteiger partial charge on any atom is -0.454 e. The molecule has 2 aliphatic heterocycles. The number of fused-ring (bicyclic) bond motifs is 1. The maximum absolute atomic E-state index is 12.7. The highest BCUT2D eigenvalue weighted by Gasteiger charge is 2.49. The number of benzene rings is 1. The van der Waals surface area contributed by atoms with Crippen molar-refractivity contribution in [3.8, 4) is 11.5 Å². The van der Waals surface area contributed by atoms with Crippen molar-refractivity contribution in [1.82, 2.24) is 10.2 Å². The smallest absolute Gasteiger partial charge is 0.231 e. The van der Waals surface area contributed by atoms with Gasteiger partial charge in [0, 0.05) is 36.6 Å². The third-order valence-electron chi connectivity index (χ3n) is 8.79. The van der Waals surface area contributed by atoms with Gasteiger partial charge in [0.05, 0.1) is 0 Å². The molecule has 2 heterocycles. The zero-order valence-electron chi connectivity index (χ0n) is 18.2. The Morgan fingerprint density at radius 2 is 1.74 bits per heavy atom. The fourth-order valence-electron chi connectivity index (χ4n) is 7.49. The van der Waals surface area contributed by atoms with Crippen molar-refractivity contribution in [2.75, 3.05) is 19.9 Å². The number of rotatable bonds is 7. The van der Waals surface area contributed by atoms with Crippen molar-refractivity contribution in [2.24, 2.45) is 29.6 Å². The summed E-state index contributed by atoms with van der Waals surface area (Å²) in [7, 11) is 0. The van der Waals surface area contributed by atoms with Crippen LogP contribution >= 0.6 is 11.6 Å². The maximum Gasteiger partial charge on any atom is 0.231 e. The third-order valence-corrected chi connectivity index (χ3v) is 9.15. The van der Waals surface area contributed by atoms with Crippen LogP contribution in [0.15, 0.2) is 12.1 Å². The molecule has 5 nitrogen and oxygen atoms in total. The minimum atomic E-state index is 0.262. The number of halogens is 1. The number of carbonyl (C=O) groups is 1. The number of likely N-dealkylation sites (tertiary alicyclic amines) is 1. The predicted octanol–water partition coefficient (Wildman–Crippen LogP) is 4.61. The molecule has 4 bridgehead atoms. The van der Waals surface area contributed by atoms with E-state index < -0.39 is 0 Å². The van der Waals surface area contributed by atoms with Gasteiger partial charge in [-0.25, -0.2) is 0 Å². The number of nitrogens with zero attached hydrogens (tertiary/aromatic N) is 1. The summed E-state index contributed by atoms with van der Waals surface area (Å²) in [5.41, 5.74) is 1.03. The molecule has 1 atom stereocenters. The molecule has 31 heavy (non-hydrogen) atoms. The molecule has 6 heteroatoms. The van der Waals surface area contributed by atoms with Crippen LogP contribution in [0.2, 0.25) is 5.02 Å². The van der Waals surface area contributed by atoms with E-state index in [2.05, 4.69) is 10.2 Å². The second-order valence-electron chi connectivity index (χ2n) is 10.6. The van der Waals surface area contributed by atoms with Crippen LogP contribution in [0.3, 0.4) is 0 Å². The van der Waals surface area contributed by atoms with E-state index in [0.29, 0.717) is 23.5 Å². The van der Waals surface area contributed by atoms with Crippen molar-refractivity contribution < 1.29 is 14.3 Å². The number of hydrogen-bond acceptors (Lipinski definition) is 4. The molecule has 1 amide bonds. The van der Waals surface area contributed by atoms with Gasteiger partial charge in [-0.2, -0.15) is 0 Å². The van der Waals surface area contributed by atoms with Gasteiger partial charge in [0.2, 0.25) is 12.7 Å². The first kappa shape index (κ1) is 20.2. The third kappa shape index (κ3) is 3.82. The minimum absolute atomic E-state index is 0.262. The summed E-state index contributed by atoms with van der Waals surface area (Å²) in [6.45, 7) is 2.87. The number of carbonyl (C=O) groups excluding carboxylic acids is 1. The van der Waals surface area contributed by atoms with Crippen LogP contribution in [0.4, 0.5) is 0 Å². The van der Waals surface area contributed by atoms with Crippen LogP contribution in [0.5, 0.6) is 11.5 Å². The zero-order chi connectivity index (χ0) is 20.9. The number of amides is 1. The van der Waals surface area contributed by atoms with Crippen molar-refractivity contribution in [3.05, 3.63) is 22.7 Å². The average Bonchev–Trinajstić information content (AvgIpc) is 3.33. The first-order valence-electron chi connectivity index (χ1n) is 12.2. The molecule has 5 fully saturated rings. The zero-order valence-corrected chi connectivity index (χ0v) is 18.9. The second kappa shape index (κ2) is 8.15. The Hall–Kier alpha value is -1.46. The van der Waals surface area contributed by atoms with Gasteiger partial charge in [-0.3, -0.25) is 4.79 Å². The van der Waals surface area contributed by atoms with Crippen LogP contribution in [0.25, 0.3) is 0 Å². The molecule has 1 aromatic rings. The SMILES string of the molecule is O=C1CC[C@@H](CCNCc2cc3c(cc2Cl)OCO3)N1CC1C2CC3CC(C2)CC1C3. The Morgan fingerprint density at radius 3 is 2.48 bits per heavy atom. The molecule has 1 saturated heterocycles. The Morgan fingerprint density at radius 1 is 1.03 bits per heavy atom. The summed E-state index contributed by atoms with van der Waals surface area (Å²) in [4.78, 5) is 15.0. The van der Waals surface area contributed by atoms with Crippen LogP contribution in [0, 0.1) is 29.6 Å². The molecule has 4 saturated carbocycles. The summed E-state index contributed by atoms with van der Waals surface area (Å²) in [6.07, 6.45) is 9.98. The van der Waals surface area contributed by atoms with E-state index in [1.807, 2.05) is 12.1 Å². The topological polar surface area (TPSA) is 50.8 Å². The normalized spacial score (nSPS) is 35.4. The molecule has 0 aromatic heterocycles.